The first kappa shape index (κ1) is 28.8. The number of ketones is 1. The quantitative estimate of drug-likeness (QED) is 0.308. The van der Waals surface area contributed by atoms with Crippen molar-refractivity contribution >= 4 is 17.8 Å². The summed E-state index contributed by atoms with van der Waals surface area (Å²) in [6.45, 7) is 8.26. The molecular formula is C29H43NO7. The summed E-state index contributed by atoms with van der Waals surface area (Å²) in [6.07, 6.45) is 5.97. The Kier molecular flexibility index (Phi) is 9.48. The summed E-state index contributed by atoms with van der Waals surface area (Å²) in [5, 5.41) is 0. The van der Waals surface area contributed by atoms with Gasteiger partial charge in [0, 0.05) is 19.5 Å². The highest BCUT2D eigenvalue weighted by molar-refractivity contribution is 5.98. The average Bonchev–Trinajstić information content (AvgIpc) is 3.37. The third kappa shape index (κ3) is 7.62. The van der Waals surface area contributed by atoms with Crippen molar-refractivity contribution in [2.24, 2.45) is 5.92 Å². The minimum Gasteiger partial charge on any atom is -0.496 e. The van der Waals surface area contributed by atoms with Crippen molar-refractivity contribution in [3.05, 3.63) is 23.3 Å². The second-order valence-corrected chi connectivity index (χ2v) is 11.3. The van der Waals surface area contributed by atoms with Gasteiger partial charge in [0.15, 0.2) is 0 Å². The number of ether oxygens (including phenoxy) is 4. The van der Waals surface area contributed by atoms with Crippen LogP contribution in [-0.2, 0) is 31.9 Å². The molecule has 1 heterocycles. The van der Waals surface area contributed by atoms with Crippen molar-refractivity contribution in [3.63, 3.8) is 0 Å². The molecule has 3 rings (SSSR count). The van der Waals surface area contributed by atoms with E-state index in [0.717, 1.165) is 43.2 Å². The van der Waals surface area contributed by atoms with Crippen LogP contribution in [-0.4, -0.2) is 61.3 Å². The van der Waals surface area contributed by atoms with Gasteiger partial charge in [-0.05, 0) is 76.0 Å². The normalized spacial score (nSPS) is 20.5. The van der Waals surface area contributed by atoms with Gasteiger partial charge < -0.3 is 23.8 Å². The Morgan fingerprint density at radius 3 is 2.43 bits per heavy atom. The van der Waals surface area contributed by atoms with Gasteiger partial charge >= 0.3 is 12.1 Å². The van der Waals surface area contributed by atoms with Crippen molar-refractivity contribution in [3.8, 4) is 11.5 Å². The summed E-state index contributed by atoms with van der Waals surface area (Å²) < 4.78 is 23.1. The van der Waals surface area contributed by atoms with Gasteiger partial charge in [-0.2, -0.15) is 0 Å². The van der Waals surface area contributed by atoms with Crippen LogP contribution in [0.15, 0.2) is 12.1 Å². The minimum absolute atomic E-state index is 0.0236. The van der Waals surface area contributed by atoms with Crippen LogP contribution in [0.1, 0.15) is 83.8 Å². The SMILES string of the molecule is CCc1cc(CCC2(C3CCCC3)CC(=O)CC(=O)O2)c(OC)cc1OCCN(C)C(=O)OC(C)(C)C. The van der Waals surface area contributed by atoms with E-state index in [2.05, 4.69) is 13.0 Å². The van der Waals surface area contributed by atoms with Crippen LogP contribution in [0.4, 0.5) is 4.79 Å². The van der Waals surface area contributed by atoms with Crippen LogP contribution >= 0.6 is 0 Å². The molecule has 1 aromatic rings. The van der Waals surface area contributed by atoms with Gasteiger partial charge in [0.25, 0.3) is 0 Å². The first-order valence-electron chi connectivity index (χ1n) is 13.5. The Labute approximate surface area is 221 Å². The Morgan fingerprint density at radius 1 is 1.14 bits per heavy atom. The summed E-state index contributed by atoms with van der Waals surface area (Å²) in [5.41, 5.74) is 0.762. The van der Waals surface area contributed by atoms with Crippen LogP contribution in [0.5, 0.6) is 11.5 Å². The van der Waals surface area contributed by atoms with Crippen LogP contribution in [0.2, 0.25) is 0 Å². The molecule has 0 radical (unpaired) electrons. The maximum atomic E-state index is 12.4. The number of hydrogen-bond acceptors (Lipinski definition) is 7. The molecule has 1 saturated carbocycles. The zero-order valence-corrected chi connectivity index (χ0v) is 23.3. The molecule has 8 nitrogen and oxygen atoms in total. The number of aryl methyl sites for hydroxylation is 2. The maximum absolute atomic E-state index is 12.4. The summed E-state index contributed by atoms with van der Waals surface area (Å²) in [6, 6.07) is 3.97. The summed E-state index contributed by atoms with van der Waals surface area (Å²) in [7, 11) is 3.31. The molecule has 1 atom stereocenters. The lowest BCUT2D eigenvalue weighted by molar-refractivity contribution is -0.178. The lowest BCUT2D eigenvalue weighted by Gasteiger charge is -2.41. The highest BCUT2D eigenvalue weighted by Gasteiger charge is 2.47. The summed E-state index contributed by atoms with van der Waals surface area (Å²) >= 11 is 0. The van der Waals surface area contributed by atoms with E-state index in [4.69, 9.17) is 18.9 Å². The number of cyclic esters (lactones) is 1. The number of esters is 1. The van der Waals surface area contributed by atoms with Gasteiger partial charge in [0.05, 0.1) is 13.7 Å². The molecule has 1 unspecified atom stereocenters. The van der Waals surface area contributed by atoms with Gasteiger partial charge in [-0.3, -0.25) is 9.59 Å². The number of hydrogen-bond donors (Lipinski definition) is 0. The van der Waals surface area contributed by atoms with Crippen LogP contribution in [0.25, 0.3) is 0 Å². The number of carbonyl (C=O) groups excluding carboxylic acids is 3. The molecule has 1 aromatic carbocycles. The number of benzene rings is 1. The van der Waals surface area contributed by atoms with Crippen molar-refractivity contribution in [1.29, 1.82) is 0 Å². The van der Waals surface area contributed by atoms with E-state index in [0.29, 0.717) is 43.9 Å². The van der Waals surface area contributed by atoms with Crippen LogP contribution in [0.3, 0.4) is 0 Å². The monoisotopic (exact) mass is 517 g/mol. The molecule has 0 bridgehead atoms. The van der Waals surface area contributed by atoms with Crippen LogP contribution < -0.4 is 9.47 Å². The first-order valence-corrected chi connectivity index (χ1v) is 13.5. The molecule has 1 aliphatic carbocycles. The molecule has 8 heteroatoms. The van der Waals surface area contributed by atoms with E-state index >= 15 is 0 Å². The molecule has 1 amide bonds. The Morgan fingerprint density at radius 2 is 1.84 bits per heavy atom. The fourth-order valence-corrected chi connectivity index (χ4v) is 5.40. The van der Waals surface area contributed by atoms with Crippen molar-refractivity contribution in [1.82, 2.24) is 4.90 Å². The van der Waals surface area contributed by atoms with Crippen molar-refractivity contribution < 1.29 is 33.3 Å². The number of amides is 1. The Hall–Kier alpha value is -2.77. The third-order valence-electron chi connectivity index (χ3n) is 7.31. The molecule has 1 saturated heterocycles. The van der Waals surface area contributed by atoms with E-state index in [1.165, 1.54) is 4.90 Å². The van der Waals surface area contributed by atoms with E-state index in [9.17, 15) is 14.4 Å². The van der Waals surface area contributed by atoms with Gasteiger partial charge in [-0.1, -0.05) is 19.8 Å². The predicted octanol–water partition coefficient (Wildman–Crippen LogP) is 5.27. The Balaban J connectivity index is 1.71. The second kappa shape index (κ2) is 12.2. The minimum atomic E-state index is -0.721. The molecule has 2 aliphatic rings. The zero-order valence-electron chi connectivity index (χ0n) is 23.3. The van der Waals surface area contributed by atoms with E-state index < -0.39 is 23.3 Å². The zero-order chi connectivity index (χ0) is 27.2. The smallest absolute Gasteiger partial charge is 0.410 e. The molecule has 0 N–H and O–H groups in total. The molecule has 2 fully saturated rings. The van der Waals surface area contributed by atoms with Gasteiger partial charge in [-0.15, -0.1) is 0 Å². The summed E-state index contributed by atoms with van der Waals surface area (Å²) in [5.74, 6) is 1.21. The fraction of sp³-hybridized carbons (Fsp3) is 0.690. The number of likely N-dealkylation sites (N-methyl/N-ethyl adjacent to an activating group) is 1. The number of nitrogens with zero attached hydrogens (tertiary/aromatic N) is 1. The highest BCUT2D eigenvalue weighted by Crippen LogP contribution is 2.44. The number of carbonyl (C=O) groups is 3. The van der Waals surface area contributed by atoms with E-state index in [-0.39, 0.29) is 18.1 Å². The number of Topliss-reactive ketones (excluding diaryl/α,β-unsaturated/α-hetero) is 1. The number of rotatable bonds is 10. The van der Waals surface area contributed by atoms with Crippen LogP contribution in [0, 0.1) is 5.92 Å². The highest BCUT2D eigenvalue weighted by atomic mass is 16.6. The molecule has 0 spiro atoms. The standard InChI is InChI=1S/C29H43NO7/c1-7-20-16-21(12-13-29(22-10-8-9-11-22)19-23(31)17-26(32)36-29)24(34-6)18-25(20)35-15-14-30(5)27(33)37-28(2,3)4/h16,18,22H,7-15,17,19H2,1-6H3. The second-order valence-electron chi connectivity index (χ2n) is 11.3. The molecule has 37 heavy (non-hydrogen) atoms. The van der Waals surface area contributed by atoms with Gasteiger partial charge in [0.1, 0.15) is 41.5 Å². The van der Waals surface area contributed by atoms with E-state index in [1.54, 1.807) is 14.2 Å². The topological polar surface area (TPSA) is 91.4 Å². The maximum Gasteiger partial charge on any atom is 0.410 e. The third-order valence-corrected chi connectivity index (χ3v) is 7.31. The number of methoxy groups -OCH3 is 1. The van der Waals surface area contributed by atoms with Gasteiger partial charge in [-0.25, -0.2) is 4.79 Å². The predicted molar refractivity (Wildman–Crippen MR) is 140 cm³/mol. The Bertz CT molecular complexity index is 959. The van der Waals surface area contributed by atoms with Crippen molar-refractivity contribution in [2.45, 2.75) is 96.7 Å². The lowest BCUT2D eigenvalue weighted by atomic mass is 9.76. The first-order chi connectivity index (χ1) is 17.5. The van der Waals surface area contributed by atoms with Gasteiger partial charge in [0.2, 0.25) is 0 Å². The largest absolute Gasteiger partial charge is 0.496 e. The molecular weight excluding hydrogens is 474 g/mol. The lowest BCUT2D eigenvalue weighted by Crippen LogP contribution is -2.48. The summed E-state index contributed by atoms with van der Waals surface area (Å²) in [4.78, 5) is 38.4. The average molecular weight is 518 g/mol. The van der Waals surface area contributed by atoms with E-state index in [1.807, 2.05) is 26.8 Å². The molecule has 0 aromatic heterocycles. The van der Waals surface area contributed by atoms with Crippen molar-refractivity contribution in [2.75, 3.05) is 27.3 Å². The molecule has 1 aliphatic heterocycles. The fourth-order valence-electron chi connectivity index (χ4n) is 5.40. The molecule has 206 valence electrons.